The summed E-state index contributed by atoms with van der Waals surface area (Å²) in [6.07, 6.45) is 4.81. The summed E-state index contributed by atoms with van der Waals surface area (Å²) in [7, 11) is 0. The molecular formula is C7H10ClN. The minimum Gasteiger partial charge on any atom is -0.387 e. The van der Waals surface area contributed by atoms with Crippen LogP contribution in [0.4, 0.5) is 0 Å². The number of hydrogen-bond acceptors (Lipinski definition) is 1. The van der Waals surface area contributed by atoms with Crippen molar-refractivity contribution in [2.75, 3.05) is 6.54 Å². The van der Waals surface area contributed by atoms with E-state index in [9.17, 15) is 0 Å². The molecule has 1 N–H and O–H groups in total. The Labute approximate surface area is 60.4 Å². The van der Waals surface area contributed by atoms with E-state index in [2.05, 4.69) is 12.2 Å². The Balaban J connectivity index is 2.72. The minimum absolute atomic E-state index is 0.899. The monoisotopic (exact) mass is 143 g/mol. The van der Waals surface area contributed by atoms with Gasteiger partial charge in [0, 0.05) is 11.6 Å². The second-order valence-electron chi connectivity index (χ2n) is 2.02. The molecule has 0 saturated carbocycles. The Kier molecular flexibility index (Phi) is 2.17. The van der Waals surface area contributed by atoms with Crippen LogP contribution in [0.2, 0.25) is 0 Å². The third-order valence-corrected chi connectivity index (χ3v) is 1.82. The van der Waals surface area contributed by atoms with Crippen molar-refractivity contribution < 1.29 is 0 Å². The van der Waals surface area contributed by atoms with Crippen LogP contribution in [0.1, 0.15) is 13.3 Å². The Bertz CT molecular complexity index is 158. The van der Waals surface area contributed by atoms with Crippen LogP contribution < -0.4 is 5.32 Å². The van der Waals surface area contributed by atoms with Gasteiger partial charge in [-0.1, -0.05) is 18.5 Å². The first-order chi connectivity index (χ1) is 4.34. The SMILES string of the molecule is CCC1=C(Cl)C=CNC1. The topological polar surface area (TPSA) is 12.0 Å². The second-order valence-corrected chi connectivity index (χ2v) is 2.43. The molecular weight excluding hydrogens is 134 g/mol. The molecule has 1 aliphatic heterocycles. The van der Waals surface area contributed by atoms with Gasteiger partial charge in [-0.05, 0) is 24.3 Å². The Morgan fingerprint density at radius 2 is 2.56 bits per heavy atom. The van der Waals surface area contributed by atoms with Crippen molar-refractivity contribution in [3.63, 3.8) is 0 Å². The van der Waals surface area contributed by atoms with Crippen molar-refractivity contribution in [3.8, 4) is 0 Å². The molecule has 0 radical (unpaired) electrons. The molecule has 1 nitrogen and oxygen atoms in total. The molecule has 0 atom stereocenters. The maximum atomic E-state index is 5.84. The summed E-state index contributed by atoms with van der Waals surface area (Å²) in [5.41, 5.74) is 1.29. The molecule has 0 aliphatic carbocycles. The smallest absolute Gasteiger partial charge is 0.0429 e. The Morgan fingerprint density at radius 1 is 1.78 bits per heavy atom. The van der Waals surface area contributed by atoms with Gasteiger partial charge in [0.05, 0.1) is 0 Å². The predicted octanol–water partition coefficient (Wildman–Crippen LogP) is 2.01. The van der Waals surface area contributed by atoms with Gasteiger partial charge in [-0.25, -0.2) is 0 Å². The Hall–Kier alpha value is -0.430. The molecule has 0 amide bonds. The number of hydrogen-bond donors (Lipinski definition) is 1. The normalized spacial score (nSPS) is 18.0. The van der Waals surface area contributed by atoms with E-state index in [1.54, 1.807) is 0 Å². The minimum atomic E-state index is 0.899. The van der Waals surface area contributed by atoms with Crippen LogP contribution in [0.3, 0.4) is 0 Å². The third-order valence-electron chi connectivity index (χ3n) is 1.43. The van der Waals surface area contributed by atoms with Crippen LogP contribution in [0.25, 0.3) is 0 Å². The molecule has 50 valence electrons. The standard InChI is InChI=1S/C7H10ClN/c1-2-6-5-9-4-3-7(6)8/h3-4,9H,2,5H2,1H3. The molecule has 0 aromatic carbocycles. The van der Waals surface area contributed by atoms with E-state index in [1.165, 1.54) is 5.57 Å². The van der Waals surface area contributed by atoms with Crippen LogP contribution >= 0.6 is 11.6 Å². The van der Waals surface area contributed by atoms with E-state index in [1.807, 2.05) is 12.3 Å². The highest BCUT2D eigenvalue weighted by Gasteiger charge is 2.01. The highest BCUT2D eigenvalue weighted by atomic mass is 35.5. The van der Waals surface area contributed by atoms with Gasteiger partial charge in [-0.2, -0.15) is 0 Å². The van der Waals surface area contributed by atoms with Gasteiger partial charge in [-0.3, -0.25) is 0 Å². The van der Waals surface area contributed by atoms with Crippen LogP contribution in [-0.2, 0) is 0 Å². The van der Waals surface area contributed by atoms with Crippen molar-refractivity contribution in [2.24, 2.45) is 0 Å². The fourth-order valence-corrected chi connectivity index (χ4v) is 1.07. The zero-order chi connectivity index (χ0) is 6.69. The second kappa shape index (κ2) is 2.92. The van der Waals surface area contributed by atoms with Crippen molar-refractivity contribution in [1.29, 1.82) is 0 Å². The molecule has 0 bridgehead atoms. The molecule has 0 aromatic heterocycles. The van der Waals surface area contributed by atoms with Gasteiger partial charge in [0.15, 0.2) is 0 Å². The lowest BCUT2D eigenvalue weighted by Crippen LogP contribution is -2.13. The fraction of sp³-hybridized carbons (Fsp3) is 0.429. The predicted molar refractivity (Wildman–Crippen MR) is 40.3 cm³/mol. The molecule has 1 heterocycles. The summed E-state index contributed by atoms with van der Waals surface area (Å²) >= 11 is 5.84. The van der Waals surface area contributed by atoms with Crippen molar-refractivity contribution in [2.45, 2.75) is 13.3 Å². The first kappa shape index (κ1) is 6.69. The zero-order valence-electron chi connectivity index (χ0n) is 5.45. The molecule has 0 spiro atoms. The third kappa shape index (κ3) is 1.49. The summed E-state index contributed by atoms with van der Waals surface area (Å²) in [5, 5.41) is 3.99. The number of nitrogens with one attached hydrogen (secondary N) is 1. The average Bonchev–Trinajstić information content (AvgIpc) is 1.89. The molecule has 0 unspecified atom stereocenters. The van der Waals surface area contributed by atoms with E-state index in [4.69, 9.17) is 11.6 Å². The van der Waals surface area contributed by atoms with E-state index in [-0.39, 0.29) is 0 Å². The van der Waals surface area contributed by atoms with Gasteiger partial charge in [0.1, 0.15) is 0 Å². The molecule has 1 rings (SSSR count). The fourth-order valence-electron chi connectivity index (χ4n) is 0.810. The first-order valence-electron chi connectivity index (χ1n) is 3.12. The zero-order valence-corrected chi connectivity index (χ0v) is 6.20. The maximum Gasteiger partial charge on any atom is 0.0429 e. The number of halogens is 1. The van der Waals surface area contributed by atoms with Gasteiger partial charge >= 0.3 is 0 Å². The van der Waals surface area contributed by atoms with Gasteiger partial charge < -0.3 is 5.32 Å². The van der Waals surface area contributed by atoms with Gasteiger partial charge in [-0.15, -0.1) is 0 Å². The highest BCUT2D eigenvalue weighted by Crippen LogP contribution is 2.15. The first-order valence-corrected chi connectivity index (χ1v) is 3.50. The average molecular weight is 144 g/mol. The van der Waals surface area contributed by atoms with Crippen LogP contribution in [0.15, 0.2) is 22.9 Å². The Morgan fingerprint density at radius 3 is 3.00 bits per heavy atom. The summed E-state index contributed by atoms with van der Waals surface area (Å²) in [6.45, 7) is 3.02. The number of rotatable bonds is 1. The maximum absolute atomic E-state index is 5.84. The lowest BCUT2D eigenvalue weighted by atomic mass is 10.1. The molecule has 9 heavy (non-hydrogen) atoms. The summed E-state index contributed by atoms with van der Waals surface area (Å²) in [6, 6.07) is 0. The molecule has 0 fully saturated rings. The molecule has 0 aromatic rings. The van der Waals surface area contributed by atoms with Crippen molar-refractivity contribution >= 4 is 11.6 Å². The van der Waals surface area contributed by atoms with E-state index in [0.29, 0.717) is 0 Å². The van der Waals surface area contributed by atoms with Crippen LogP contribution in [-0.4, -0.2) is 6.54 Å². The summed E-state index contributed by atoms with van der Waals surface area (Å²) in [4.78, 5) is 0. The number of dihydropyridines is 1. The van der Waals surface area contributed by atoms with E-state index >= 15 is 0 Å². The highest BCUT2D eigenvalue weighted by molar-refractivity contribution is 6.31. The lowest BCUT2D eigenvalue weighted by Gasteiger charge is -2.10. The van der Waals surface area contributed by atoms with Crippen LogP contribution in [0.5, 0.6) is 0 Å². The van der Waals surface area contributed by atoms with E-state index < -0.39 is 0 Å². The van der Waals surface area contributed by atoms with Crippen LogP contribution in [0, 0.1) is 0 Å². The van der Waals surface area contributed by atoms with Gasteiger partial charge in [0.25, 0.3) is 0 Å². The summed E-state index contributed by atoms with van der Waals surface area (Å²) < 4.78 is 0. The molecule has 0 saturated heterocycles. The van der Waals surface area contributed by atoms with Crippen molar-refractivity contribution in [3.05, 3.63) is 22.9 Å². The van der Waals surface area contributed by atoms with Gasteiger partial charge in [0.2, 0.25) is 0 Å². The van der Waals surface area contributed by atoms with Crippen molar-refractivity contribution in [1.82, 2.24) is 5.32 Å². The lowest BCUT2D eigenvalue weighted by molar-refractivity contribution is 0.869. The molecule has 1 aliphatic rings. The molecule has 2 heteroatoms. The largest absolute Gasteiger partial charge is 0.387 e. The quantitative estimate of drug-likeness (QED) is 0.592. The van der Waals surface area contributed by atoms with E-state index in [0.717, 1.165) is 18.0 Å². The number of allylic oxidation sites excluding steroid dienone is 2. The summed E-state index contributed by atoms with van der Waals surface area (Å²) in [5.74, 6) is 0.